The van der Waals surface area contributed by atoms with Crippen molar-refractivity contribution in [2.24, 2.45) is 0 Å². The van der Waals surface area contributed by atoms with E-state index in [2.05, 4.69) is 25.9 Å². The summed E-state index contributed by atoms with van der Waals surface area (Å²) in [5, 5.41) is 3.42. The smallest absolute Gasteiger partial charge is 0.425 e. The fourth-order valence-electron chi connectivity index (χ4n) is 3.21. The molecule has 0 spiro atoms. The Morgan fingerprint density at radius 2 is 1.91 bits per heavy atom. The highest BCUT2D eigenvalue weighted by molar-refractivity contribution is 8.00. The molecule has 0 saturated heterocycles. The molecule has 0 bridgehead atoms. The van der Waals surface area contributed by atoms with Crippen LogP contribution in [-0.4, -0.2) is 45.2 Å². The lowest BCUT2D eigenvalue weighted by molar-refractivity contribution is -0.189. The Kier molecular flexibility index (Phi) is 7.10. The second-order valence-corrected chi connectivity index (χ2v) is 9.82. The molecule has 0 amide bonds. The highest BCUT2D eigenvalue weighted by atomic mass is 32.2. The van der Waals surface area contributed by atoms with Gasteiger partial charge in [0.1, 0.15) is 29.5 Å². The first kappa shape index (κ1) is 25.3. The predicted octanol–water partition coefficient (Wildman–Crippen LogP) is 5.22. The van der Waals surface area contributed by atoms with Crippen molar-refractivity contribution < 1.29 is 31.2 Å². The summed E-state index contributed by atoms with van der Waals surface area (Å²) in [6.45, 7) is 4.66. The predicted molar refractivity (Wildman–Crippen MR) is 126 cm³/mol. The number of fused-ring (bicyclic) bond motifs is 1. The maximum atomic E-state index is 13.8. The number of alkyl halides is 3. The second kappa shape index (κ2) is 9.53. The second-order valence-electron chi connectivity index (χ2n) is 7.60. The number of hydrogen-bond acceptors (Lipinski definition) is 6. The molecular weight excluding hydrogens is 476 g/mol. The average Bonchev–Trinajstić information content (AvgIpc) is 2.71. The topological polar surface area (TPSA) is 85.4 Å². The van der Waals surface area contributed by atoms with Gasteiger partial charge in [-0.25, -0.2) is 18.6 Å². The van der Waals surface area contributed by atoms with E-state index in [0.717, 1.165) is 19.1 Å². The molecule has 3 aromatic rings. The molecule has 7 nitrogen and oxygen atoms in total. The van der Waals surface area contributed by atoms with Gasteiger partial charge in [0.15, 0.2) is 6.10 Å². The van der Waals surface area contributed by atoms with Crippen LogP contribution in [0, 0.1) is 12.7 Å². The molecule has 0 saturated carbocycles. The van der Waals surface area contributed by atoms with E-state index in [4.69, 9.17) is 9.47 Å². The number of aryl methyl sites for hydroxylation is 1. The van der Waals surface area contributed by atoms with Crippen molar-refractivity contribution in [3.8, 4) is 11.5 Å². The minimum absolute atomic E-state index is 0.0754. The molecule has 0 aliphatic carbocycles. The van der Waals surface area contributed by atoms with Crippen LogP contribution in [0.25, 0.3) is 10.9 Å². The van der Waals surface area contributed by atoms with Crippen LogP contribution in [0.2, 0.25) is 0 Å². The summed E-state index contributed by atoms with van der Waals surface area (Å²) < 4.78 is 78.7. The van der Waals surface area contributed by atoms with E-state index in [1.165, 1.54) is 18.6 Å². The third-order valence-electron chi connectivity index (χ3n) is 4.69. The Bertz CT molecular complexity index is 1310. The molecule has 1 aromatic heterocycles. The molecule has 1 heterocycles. The lowest BCUT2D eigenvalue weighted by atomic mass is 10.1. The number of benzene rings is 2. The van der Waals surface area contributed by atoms with Crippen LogP contribution in [-0.2, 0) is 9.71 Å². The van der Waals surface area contributed by atoms with E-state index in [1.54, 1.807) is 19.9 Å². The number of nitrogens with zero attached hydrogens (tertiary/aromatic N) is 2. The Balaban J connectivity index is 2.13. The maximum absolute atomic E-state index is 13.8. The zero-order chi connectivity index (χ0) is 25.3. The number of ether oxygens (including phenoxy) is 2. The van der Waals surface area contributed by atoms with Crippen molar-refractivity contribution in [1.29, 1.82) is 0 Å². The molecular formula is C22H24F4N4O3S. The highest BCUT2D eigenvalue weighted by Crippen LogP contribution is 2.40. The van der Waals surface area contributed by atoms with Gasteiger partial charge in [-0.05, 0) is 44.8 Å². The lowest BCUT2D eigenvalue weighted by Crippen LogP contribution is -2.31. The zero-order valence-corrected chi connectivity index (χ0v) is 19.7. The van der Waals surface area contributed by atoms with Gasteiger partial charge in [0.25, 0.3) is 0 Å². The average molecular weight is 501 g/mol. The van der Waals surface area contributed by atoms with Gasteiger partial charge in [-0.15, -0.1) is 0 Å². The molecule has 0 fully saturated rings. The van der Waals surface area contributed by atoms with E-state index < -0.39 is 27.8 Å². The minimum Gasteiger partial charge on any atom is -0.491 e. The van der Waals surface area contributed by atoms with E-state index in [-0.39, 0.29) is 17.3 Å². The number of anilines is 3. The van der Waals surface area contributed by atoms with Crippen LogP contribution < -0.4 is 19.5 Å². The van der Waals surface area contributed by atoms with Gasteiger partial charge in [-0.3, -0.25) is 0 Å². The summed E-state index contributed by atoms with van der Waals surface area (Å²) in [5.41, 5.74) is 1.52. The van der Waals surface area contributed by atoms with Crippen LogP contribution in [0.15, 0.2) is 30.6 Å². The summed E-state index contributed by atoms with van der Waals surface area (Å²) in [6, 6.07) is 4.82. The van der Waals surface area contributed by atoms with Gasteiger partial charge in [0.05, 0.1) is 23.5 Å². The molecule has 12 heteroatoms. The normalized spacial score (nSPS) is 14.4. The Morgan fingerprint density at radius 3 is 2.53 bits per heavy atom. The summed E-state index contributed by atoms with van der Waals surface area (Å²) in [6.07, 6.45) is -4.11. The quantitative estimate of drug-likeness (QED) is 0.326. The molecule has 184 valence electrons. The largest absolute Gasteiger partial charge is 0.491 e. The van der Waals surface area contributed by atoms with Crippen molar-refractivity contribution >= 4 is 43.7 Å². The van der Waals surface area contributed by atoms with Crippen LogP contribution >= 0.6 is 0 Å². The zero-order valence-electron chi connectivity index (χ0n) is 18.9. The monoisotopic (exact) mass is 500 g/mol. The van der Waals surface area contributed by atoms with Gasteiger partial charge in [-0.1, -0.05) is 0 Å². The fourth-order valence-corrected chi connectivity index (χ4v) is 3.83. The Hall–Kier alpha value is -3.28. The molecule has 2 unspecified atom stereocenters. The molecule has 2 aromatic carbocycles. The first-order valence-electron chi connectivity index (χ1n) is 10.1. The molecule has 0 aliphatic rings. The van der Waals surface area contributed by atoms with Crippen molar-refractivity contribution in [1.82, 2.24) is 9.97 Å². The number of rotatable bonds is 8. The maximum Gasteiger partial charge on any atom is 0.425 e. The van der Waals surface area contributed by atoms with Gasteiger partial charge < -0.3 is 19.5 Å². The van der Waals surface area contributed by atoms with Gasteiger partial charge in [0, 0.05) is 33.0 Å². The Labute approximate surface area is 194 Å². The van der Waals surface area contributed by atoms with E-state index in [0.29, 0.717) is 34.5 Å². The minimum atomic E-state index is -4.64. The first-order valence-corrected chi connectivity index (χ1v) is 12.2. The van der Waals surface area contributed by atoms with Gasteiger partial charge >= 0.3 is 6.18 Å². The molecule has 2 atom stereocenters. The van der Waals surface area contributed by atoms with Crippen molar-refractivity contribution in [2.75, 3.05) is 22.9 Å². The fraction of sp³-hybridized carbons (Fsp3) is 0.318. The molecule has 2 N–H and O–H groups in total. The third kappa shape index (κ3) is 5.79. The van der Waals surface area contributed by atoms with Crippen LogP contribution in [0.5, 0.6) is 11.5 Å². The summed E-state index contributed by atoms with van der Waals surface area (Å²) in [4.78, 5) is 8.47. The van der Waals surface area contributed by atoms with Gasteiger partial charge in [-0.2, -0.15) is 13.2 Å². The Morgan fingerprint density at radius 1 is 1.21 bits per heavy atom. The SMILES string of the molecule is C=S(C)(=O)Nc1cc2ncnc(Nc3ccc(F)cc3OC(C)C(F)(F)F)c2c(C)c1OCC. The lowest BCUT2D eigenvalue weighted by Gasteiger charge is -2.21. The van der Waals surface area contributed by atoms with E-state index in [9.17, 15) is 21.8 Å². The van der Waals surface area contributed by atoms with Crippen molar-refractivity contribution in [3.63, 3.8) is 0 Å². The number of nitrogens with one attached hydrogen (secondary N) is 2. The third-order valence-corrected chi connectivity index (χ3v) is 5.35. The summed E-state index contributed by atoms with van der Waals surface area (Å²) in [7, 11) is -2.63. The molecule has 34 heavy (non-hydrogen) atoms. The molecule has 3 rings (SSSR count). The van der Waals surface area contributed by atoms with Gasteiger partial charge in [0.2, 0.25) is 0 Å². The molecule has 0 aliphatic heterocycles. The molecule has 0 radical (unpaired) electrons. The first-order chi connectivity index (χ1) is 15.8. The number of hydrogen-bond donors (Lipinski definition) is 2. The van der Waals surface area contributed by atoms with Crippen molar-refractivity contribution in [2.45, 2.75) is 33.1 Å². The standard InChI is InChI=1S/C22H24F4N4O3S/c1-6-32-20-12(2)19-16(10-17(20)30-34(4,5)31)27-11-28-21(19)29-15-8-7-14(23)9-18(15)33-13(3)22(24,25)26/h7-11,13H,4,6H2,1-3,5H3,(H,30,31)(H,27,28,29). The van der Waals surface area contributed by atoms with Crippen LogP contribution in [0.1, 0.15) is 19.4 Å². The van der Waals surface area contributed by atoms with E-state index in [1.807, 2.05) is 0 Å². The van der Waals surface area contributed by atoms with Crippen LogP contribution in [0.3, 0.4) is 0 Å². The highest BCUT2D eigenvalue weighted by Gasteiger charge is 2.38. The van der Waals surface area contributed by atoms with Crippen molar-refractivity contribution in [3.05, 3.63) is 42.0 Å². The number of aromatic nitrogens is 2. The number of halogens is 4. The van der Waals surface area contributed by atoms with E-state index >= 15 is 0 Å². The summed E-state index contributed by atoms with van der Waals surface area (Å²) in [5.74, 6) is 3.14. The van der Waals surface area contributed by atoms with Crippen LogP contribution in [0.4, 0.5) is 34.8 Å². The summed E-state index contributed by atoms with van der Waals surface area (Å²) >= 11 is 0.